The Morgan fingerprint density at radius 2 is 1.95 bits per heavy atom. The van der Waals surface area contributed by atoms with Gasteiger partial charge in [-0.15, -0.1) is 11.8 Å². The predicted octanol–water partition coefficient (Wildman–Crippen LogP) is 2.79. The summed E-state index contributed by atoms with van der Waals surface area (Å²) in [6.07, 6.45) is 5.02. The fourth-order valence-electron chi connectivity index (χ4n) is 3.05. The van der Waals surface area contributed by atoms with Crippen LogP contribution in [0.25, 0.3) is 0 Å². The number of hydrogen-bond acceptors (Lipinski definition) is 3. The highest BCUT2D eigenvalue weighted by molar-refractivity contribution is 7.99. The number of carbonyl (C=O) groups is 1. The summed E-state index contributed by atoms with van der Waals surface area (Å²) in [7, 11) is 0. The molecule has 1 fully saturated rings. The summed E-state index contributed by atoms with van der Waals surface area (Å²) in [6.45, 7) is 0.777. The topological polar surface area (TPSA) is 46.3 Å². The van der Waals surface area contributed by atoms with Gasteiger partial charge in [0, 0.05) is 17.2 Å². The van der Waals surface area contributed by atoms with Crippen LogP contribution in [0.2, 0.25) is 0 Å². The maximum atomic E-state index is 12.8. The van der Waals surface area contributed by atoms with Gasteiger partial charge < -0.3 is 10.6 Å². The van der Waals surface area contributed by atoms with Crippen molar-refractivity contribution in [1.82, 2.24) is 0 Å². The Kier molecular flexibility index (Phi) is 3.54. The number of hydrogen-bond donors (Lipinski definition) is 1. The molecule has 1 heterocycles. The quantitative estimate of drug-likeness (QED) is 0.858. The normalized spacial score (nSPS) is 21.8. The van der Waals surface area contributed by atoms with Gasteiger partial charge in [-0.05, 0) is 25.0 Å². The highest BCUT2D eigenvalue weighted by Crippen LogP contribution is 2.37. The second-order valence-electron chi connectivity index (χ2n) is 5.49. The van der Waals surface area contributed by atoms with E-state index in [0.717, 1.165) is 43.7 Å². The fraction of sp³-hybridized carbons (Fsp3) is 0.533. The van der Waals surface area contributed by atoms with Crippen molar-refractivity contribution in [2.24, 2.45) is 5.73 Å². The molecule has 1 aromatic rings. The van der Waals surface area contributed by atoms with E-state index in [-0.39, 0.29) is 5.91 Å². The van der Waals surface area contributed by atoms with Gasteiger partial charge in [-0.2, -0.15) is 0 Å². The molecule has 0 atom stereocenters. The Morgan fingerprint density at radius 1 is 1.21 bits per heavy atom. The molecule has 2 N–H and O–H groups in total. The van der Waals surface area contributed by atoms with Crippen molar-refractivity contribution in [3.8, 4) is 0 Å². The highest BCUT2D eigenvalue weighted by Gasteiger charge is 2.39. The van der Waals surface area contributed by atoms with Crippen LogP contribution >= 0.6 is 11.8 Å². The van der Waals surface area contributed by atoms with Crippen LogP contribution in [0.1, 0.15) is 32.1 Å². The van der Waals surface area contributed by atoms with Crippen LogP contribution in [0, 0.1) is 0 Å². The largest absolute Gasteiger partial charge is 0.317 e. The Labute approximate surface area is 118 Å². The maximum Gasteiger partial charge on any atom is 0.247 e. The minimum absolute atomic E-state index is 0.125. The van der Waals surface area contributed by atoms with Crippen LogP contribution in [-0.4, -0.2) is 23.7 Å². The number of fused-ring (bicyclic) bond motifs is 1. The number of anilines is 1. The fourth-order valence-corrected chi connectivity index (χ4v) is 4.04. The second kappa shape index (κ2) is 5.17. The first-order valence-electron chi connectivity index (χ1n) is 7.03. The summed E-state index contributed by atoms with van der Waals surface area (Å²) in [5, 5.41) is 0. The molecule has 19 heavy (non-hydrogen) atoms. The molecule has 0 saturated heterocycles. The van der Waals surface area contributed by atoms with E-state index in [2.05, 4.69) is 6.07 Å². The maximum absolute atomic E-state index is 12.8. The van der Waals surface area contributed by atoms with Crippen LogP contribution < -0.4 is 10.6 Å². The monoisotopic (exact) mass is 276 g/mol. The van der Waals surface area contributed by atoms with Crippen molar-refractivity contribution in [1.29, 1.82) is 0 Å². The summed E-state index contributed by atoms with van der Waals surface area (Å²) in [6, 6.07) is 8.14. The zero-order valence-corrected chi connectivity index (χ0v) is 11.9. The summed E-state index contributed by atoms with van der Waals surface area (Å²) in [5.41, 5.74) is 6.80. The smallest absolute Gasteiger partial charge is 0.247 e. The lowest BCUT2D eigenvalue weighted by Gasteiger charge is -2.38. The number of nitrogens with zero attached hydrogens (tertiary/aromatic N) is 1. The first kappa shape index (κ1) is 13.0. The van der Waals surface area contributed by atoms with Crippen molar-refractivity contribution in [3.05, 3.63) is 24.3 Å². The van der Waals surface area contributed by atoms with Crippen LogP contribution in [0.4, 0.5) is 5.69 Å². The van der Waals surface area contributed by atoms with E-state index in [4.69, 9.17) is 5.73 Å². The molecule has 0 bridgehead atoms. The number of thioether (sulfide) groups is 1. The van der Waals surface area contributed by atoms with Gasteiger partial charge in [-0.3, -0.25) is 4.79 Å². The highest BCUT2D eigenvalue weighted by atomic mass is 32.2. The van der Waals surface area contributed by atoms with E-state index in [1.165, 1.54) is 11.3 Å². The van der Waals surface area contributed by atoms with E-state index >= 15 is 0 Å². The van der Waals surface area contributed by atoms with Crippen molar-refractivity contribution in [3.63, 3.8) is 0 Å². The van der Waals surface area contributed by atoms with Gasteiger partial charge in [-0.1, -0.05) is 31.4 Å². The van der Waals surface area contributed by atoms with E-state index in [9.17, 15) is 4.79 Å². The molecule has 1 aliphatic heterocycles. The van der Waals surface area contributed by atoms with Crippen LogP contribution in [-0.2, 0) is 4.79 Å². The molecule has 3 nitrogen and oxygen atoms in total. The Bertz CT molecular complexity index is 483. The van der Waals surface area contributed by atoms with E-state index in [1.54, 1.807) is 0 Å². The molecule has 4 heteroatoms. The summed E-state index contributed by atoms with van der Waals surface area (Å²) >= 11 is 1.82. The predicted molar refractivity (Wildman–Crippen MR) is 79.5 cm³/mol. The zero-order chi connectivity index (χ0) is 13.3. The minimum atomic E-state index is -0.632. The first-order valence-corrected chi connectivity index (χ1v) is 8.02. The first-order chi connectivity index (χ1) is 9.21. The Hall–Kier alpha value is -1.00. The van der Waals surface area contributed by atoms with Crippen LogP contribution in [0.5, 0.6) is 0 Å². The molecule has 0 unspecified atom stereocenters. The van der Waals surface area contributed by atoms with Gasteiger partial charge >= 0.3 is 0 Å². The molecule has 3 rings (SSSR count). The van der Waals surface area contributed by atoms with Gasteiger partial charge in [0.15, 0.2) is 0 Å². The van der Waals surface area contributed by atoms with Crippen LogP contribution in [0.3, 0.4) is 0 Å². The van der Waals surface area contributed by atoms with Gasteiger partial charge in [0.1, 0.15) is 0 Å². The van der Waals surface area contributed by atoms with Crippen LogP contribution in [0.15, 0.2) is 29.2 Å². The molecule has 1 aromatic carbocycles. The van der Waals surface area contributed by atoms with Gasteiger partial charge in [-0.25, -0.2) is 0 Å². The average molecular weight is 276 g/mol. The van der Waals surface area contributed by atoms with E-state index in [0.29, 0.717) is 0 Å². The molecule has 1 amide bonds. The minimum Gasteiger partial charge on any atom is -0.317 e. The summed E-state index contributed by atoms with van der Waals surface area (Å²) < 4.78 is 0. The van der Waals surface area contributed by atoms with Crippen molar-refractivity contribution < 1.29 is 4.79 Å². The Morgan fingerprint density at radius 3 is 2.74 bits per heavy atom. The third-order valence-electron chi connectivity index (χ3n) is 4.15. The molecular weight excluding hydrogens is 256 g/mol. The Balaban J connectivity index is 1.88. The zero-order valence-electron chi connectivity index (χ0n) is 11.1. The lowest BCUT2D eigenvalue weighted by molar-refractivity contribution is -0.124. The van der Waals surface area contributed by atoms with Crippen molar-refractivity contribution >= 4 is 23.4 Å². The molecule has 0 spiro atoms. The number of benzene rings is 1. The van der Waals surface area contributed by atoms with Crippen molar-refractivity contribution in [2.45, 2.75) is 42.5 Å². The SMILES string of the molecule is NC1(C(=O)N2CCSc3ccccc32)CCCCC1. The van der Waals surface area contributed by atoms with Crippen molar-refractivity contribution in [2.75, 3.05) is 17.2 Å². The van der Waals surface area contributed by atoms with Gasteiger partial charge in [0.2, 0.25) is 5.91 Å². The molecule has 102 valence electrons. The molecule has 0 radical (unpaired) electrons. The lowest BCUT2D eigenvalue weighted by Crippen LogP contribution is -2.57. The molecule has 0 aromatic heterocycles. The third-order valence-corrected chi connectivity index (χ3v) is 5.19. The number of amides is 1. The van der Waals surface area contributed by atoms with Gasteiger partial charge in [0.25, 0.3) is 0 Å². The summed E-state index contributed by atoms with van der Waals surface area (Å²) in [5.74, 6) is 1.08. The number of rotatable bonds is 1. The number of para-hydroxylation sites is 1. The van der Waals surface area contributed by atoms with Gasteiger partial charge in [0.05, 0.1) is 11.2 Å². The average Bonchev–Trinajstić information content (AvgIpc) is 2.47. The molecule has 1 aliphatic carbocycles. The molecule has 2 aliphatic rings. The third kappa shape index (κ3) is 2.39. The lowest BCUT2D eigenvalue weighted by atomic mass is 9.81. The standard InChI is InChI=1S/C15H20N2OS/c16-15(8-4-1-5-9-15)14(18)17-10-11-19-13-7-3-2-6-12(13)17/h2-3,6-7H,1,4-5,8-11,16H2. The number of nitrogens with two attached hydrogens (primary N) is 1. The van der Waals surface area contributed by atoms with E-state index in [1.807, 2.05) is 34.9 Å². The van der Waals surface area contributed by atoms with E-state index < -0.39 is 5.54 Å². The molecule has 1 saturated carbocycles. The second-order valence-corrected chi connectivity index (χ2v) is 6.63. The molecular formula is C15H20N2OS. The number of carbonyl (C=O) groups excluding carboxylic acids is 1. The summed E-state index contributed by atoms with van der Waals surface area (Å²) in [4.78, 5) is 15.9.